The smallest absolute Gasteiger partial charge is 0.306 e. The summed E-state index contributed by atoms with van der Waals surface area (Å²) in [5.74, 6) is -1.28. The van der Waals surface area contributed by atoms with E-state index in [2.05, 4.69) is 15.0 Å². The first-order valence-electron chi connectivity index (χ1n) is 16.8. The lowest BCUT2D eigenvalue weighted by molar-refractivity contribution is -0.172. The molecular formula is C39H39N3O7. The van der Waals surface area contributed by atoms with Crippen LogP contribution in [0.4, 0.5) is 0 Å². The highest BCUT2D eigenvalue weighted by Crippen LogP contribution is 2.28. The Hall–Kier alpha value is -5.35. The molecule has 1 aliphatic rings. The van der Waals surface area contributed by atoms with Gasteiger partial charge >= 0.3 is 17.9 Å². The van der Waals surface area contributed by atoms with Crippen molar-refractivity contribution >= 4 is 50.6 Å². The van der Waals surface area contributed by atoms with E-state index in [9.17, 15) is 14.4 Å². The predicted octanol–water partition coefficient (Wildman–Crippen LogP) is 6.48. The minimum absolute atomic E-state index is 0.0150. The van der Waals surface area contributed by atoms with Crippen molar-refractivity contribution in [2.24, 2.45) is 0 Å². The first kappa shape index (κ1) is 32.2. The summed E-state index contributed by atoms with van der Waals surface area (Å²) in [6.45, 7) is 1.73. The van der Waals surface area contributed by atoms with Crippen molar-refractivity contribution in [1.82, 2.24) is 15.0 Å². The van der Waals surface area contributed by atoms with Crippen LogP contribution in [0.15, 0.2) is 91.4 Å². The quantitative estimate of drug-likeness (QED) is 0.0952. The number of esters is 3. The molecule has 7 rings (SSSR count). The maximum atomic E-state index is 13.3. The van der Waals surface area contributed by atoms with Gasteiger partial charge in [-0.05, 0) is 61.1 Å². The van der Waals surface area contributed by atoms with E-state index in [1.807, 2.05) is 91.4 Å². The second-order valence-electron chi connectivity index (χ2n) is 12.6. The first-order valence-corrected chi connectivity index (χ1v) is 16.8. The number of aromatic amines is 3. The van der Waals surface area contributed by atoms with Crippen LogP contribution >= 0.6 is 0 Å². The highest BCUT2D eigenvalue weighted by molar-refractivity contribution is 5.85. The number of carbonyl (C=O) groups excluding carboxylic acids is 3. The molecule has 252 valence electrons. The molecule has 10 nitrogen and oxygen atoms in total. The third-order valence-corrected chi connectivity index (χ3v) is 9.29. The molecule has 4 heterocycles. The summed E-state index contributed by atoms with van der Waals surface area (Å²) in [6.07, 6.45) is 4.25. The number of benzene rings is 3. The van der Waals surface area contributed by atoms with Crippen molar-refractivity contribution in [3.8, 4) is 0 Å². The Kier molecular flexibility index (Phi) is 9.47. The van der Waals surface area contributed by atoms with E-state index >= 15 is 0 Å². The van der Waals surface area contributed by atoms with E-state index in [0.717, 1.165) is 49.4 Å². The average Bonchev–Trinajstić information content (AvgIpc) is 3.91. The lowest BCUT2D eigenvalue weighted by Gasteiger charge is -2.27. The van der Waals surface area contributed by atoms with E-state index in [0.29, 0.717) is 19.3 Å². The van der Waals surface area contributed by atoms with Crippen LogP contribution in [0.1, 0.15) is 42.9 Å². The molecule has 0 unspecified atom stereocenters. The Bertz CT molecular complexity index is 2090. The van der Waals surface area contributed by atoms with Crippen LogP contribution in [0.2, 0.25) is 0 Å². The van der Waals surface area contributed by atoms with Gasteiger partial charge in [0.1, 0.15) is 12.2 Å². The molecule has 0 bridgehead atoms. The van der Waals surface area contributed by atoms with Gasteiger partial charge in [0.05, 0.1) is 6.61 Å². The van der Waals surface area contributed by atoms with Gasteiger partial charge in [-0.25, -0.2) is 0 Å². The molecule has 1 fully saturated rings. The number of rotatable bonds is 13. The van der Waals surface area contributed by atoms with Gasteiger partial charge in [-0.3, -0.25) is 14.4 Å². The molecule has 1 aliphatic heterocycles. The molecule has 4 atom stereocenters. The molecule has 0 spiro atoms. The summed E-state index contributed by atoms with van der Waals surface area (Å²) >= 11 is 0. The molecule has 1 saturated heterocycles. The standard InChI is InChI=1S/C39H39N3O7/c1-24(47-35(43)17-14-25-20-40-31-11-5-2-8-28(25)31)38-39(49-37(45)19-16-27-22-42-33-13-7-4-10-30(27)33)34(23-46-38)48-36(44)18-15-26-21-41-32-12-6-3-9-29(26)32/h2-13,20-22,24,34,38-42H,14-19,23H2,1H3/t24-,34+,38-,39-/m1/s1. The Balaban J connectivity index is 0.992. The summed E-state index contributed by atoms with van der Waals surface area (Å²) in [5, 5.41) is 3.17. The van der Waals surface area contributed by atoms with Crippen LogP contribution in [0, 0.1) is 0 Å². The molecule has 3 aromatic carbocycles. The number of ether oxygens (including phenoxy) is 4. The zero-order valence-electron chi connectivity index (χ0n) is 27.3. The fourth-order valence-corrected chi connectivity index (χ4v) is 6.75. The summed E-state index contributed by atoms with van der Waals surface area (Å²) < 4.78 is 23.7. The number of carbonyl (C=O) groups is 3. The number of fused-ring (bicyclic) bond motifs is 3. The molecule has 3 aromatic heterocycles. The molecule has 0 amide bonds. The molecular weight excluding hydrogens is 622 g/mol. The summed E-state index contributed by atoms with van der Waals surface area (Å²) in [4.78, 5) is 49.0. The Morgan fingerprint density at radius 2 is 1.08 bits per heavy atom. The van der Waals surface area contributed by atoms with Crippen molar-refractivity contribution in [1.29, 1.82) is 0 Å². The van der Waals surface area contributed by atoms with Gasteiger partial charge in [-0.15, -0.1) is 0 Å². The van der Waals surface area contributed by atoms with Crippen molar-refractivity contribution < 1.29 is 33.3 Å². The van der Waals surface area contributed by atoms with E-state index in [1.165, 1.54) is 0 Å². The summed E-state index contributed by atoms with van der Waals surface area (Å²) in [5.41, 5.74) is 6.05. The van der Waals surface area contributed by atoms with Gasteiger partial charge in [-0.1, -0.05) is 54.6 Å². The molecule has 0 saturated carbocycles. The van der Waals surface area contributed by atoms with E-state index < -0.39 is 42.3 Å². The predicted molar refractivity (Wildman–Crippen MR) is 185 cm³/mol. The van der Waals surface area contributed by atoms with Gasteiger partial charge in [0.25, 0.3) is 0 Å². The normalized spacial score (nSPS) is 18.2. The van der Waals surface area contributed by atoms with Crippen molar-refractivity contribution in [2.45, 2.75) is 69.9 Å². The van der Waals surface area contributed by atoms with Gasteiger partial charge < -0.3 is 33.9 Å². The van der Waals surface area contributed by atoms with Crippen LogP contribution in [-0.2, 0) is 52.6 Å². The monoisotopic (exact) mass is 661 g/mol. The lowest BCUT2D eigenvalue weighted by atomic mass is 10.1. The van der Waals surface area contributed by atoms with Crippen molar-refractivity contribution in [2.75, 3.05) is 6.61 Å². The third kappa shape index (κ3) is 7.24. The molecule has 6 aromatic rings. The third-order valence-electron chi connectivity index (χ3n) is 9.29. The number of aromatic nitrogens is 3. The maximum absolute atomic E-state index is 13.3. The fraction of sp³-hybridized carbons (Fsp3) is 0.308. The Morgan fingerprint density at radius 3 is 1.57 bits per heavy atom. The number of hydrogen-bond acceptors (Lipinski definition) is 7. The fourth-order valence-electron chi connectivity index (χ4n) is 6.75. The number of nitrogens with one attached hydrogen (secondary N) is 3. The SMILES string of the molecule is C[C@@H](OC(=O)CCc1c[nH]c2ccccc12)[C@H]1OC[C@H](OC(=O)CCc2c[nH]c3ccccc23)[C@H]1OC(=O)CCc1c[nH]c2ccccc12. The number of para-hydroxylation sites is 3. The highest BCUT2D eigenvalue weighted by atomic mass is 16.6. The average molecular weight is 662 g/mol. The van der Waals surface area contributed by atoms with Crippen LogP contribution < -0.4 is 0 Å². The van der Waals surface area contributed by atoms with Gasteiger partial charge in [-0.2, -0.15) is 0 Å². The highest BCUT2D eigenvalue weighted by Gasteiger charge is 2.46. The first-order chi connectivity index (χ1) is 23.9. The lowest BCUT2D eigenvalue weighted by Crippen LogP contribution is -2.44. The van der Waals surface area contributed by atoms with Crippen molar-refractivity contribution in [3.63, 3.8) is 0 Å². The van der Waals surface area contributed by atoms with Crippen LogP contribution in [0.3, 0.4) is 0 Å². The number of hydrogen-bond donors (Lipinski definition) is 3. The van der Waals surface area contributed by atoms with Gasteiger partial charge in [0.15, 0.2) is 12.2 Å². The van der Waals surface area contributed by atoms with Gasteiger partial charge in [0, 0.05) is 70.6 Å². The minimum atomic E-state index is -0.941. The van der Waals surface area contributed by atoms with E-state index in [1.54, 1.807) is 6.92 Å². The van der Waals surface area contributed by atoms with Crippen LogP contribution in [0.5, 0.6) is 0 Å². The topological polar surface area (TPSA) is 136 Å². The maximum Gasteiger partial charge on any atom is 0.306 e. The Labute approximate surface area is 283 Å². The molecule has 0 aliphatic carbocycles. The Morgan fingerprint density at radius 1 is 0.653 bits per heavy atom. The molecule has 49 heavy (non-hydrogen) atoms. The van der Waals surface area contributed by atoms with Crippen LogP contribution in [-0.4, -0.2) is 63.9 Å². The van der Waals surface area contributed by atoms with Crippen molar-refractivity contribution in [3.05, 3.63) is 108 Å². The second-order valence-corrected chi connectivity index (χ2v) is 12.6. The van der Waals surface area contributed by atoms with E-state index in [-0.39, 0.29) is 25.9 Å². The zero-order valence-corrected chi connectivity index (χ0v) is 27.3. The number of H-pyrrole nitrogens is 3. The van der Waals surface area contributed by atoms with Crippen LogP contribution in [0.25, 0.3) is 32.7 Å². The zero-order chi connectivity index (χ0) is 33.7. The van der Waals surface area contributed by atoms with E-state index in [4.69, 9.17) is 18.9 Å². The summed E-state index contributed by atoms with van der Waals surface area (Å²) in [7, 11) is 0. The molecule has 10 heteroatoms. The summed E-state index contributed by atoms with van der Waals surface area (Å²) in [6, 6.07) is 23.7. The number of aryl methyl sites for hydroxylation is 3. The largest absolute Gasteiger partial charge is 0.460 e. The van der Waals surface area contributed by atoms with Gasteiger partial charge in [0.2, 0.25) is 0 Å². The minimum Gasteiger partial charge on any atom is -0.460 e. The molecule has 0 radical (unpaired) electrons. The second kappa shape index (κ2) is 14.4. The molecule has 3 N–H and O–H groups in total.